The molecule has 1 aliphatic rings. The number of ether oxygens (including phenoxy) is 1. The molecule has 2 heterocycles. The van der Waals surface area contributed by atoms with E-state index in [1.165, 1.54) is 10.6 Å². The van der Waals surface area contributed by atoms with E-state index >= 15 is 0 Å². The molecule has 29 heavy (non-hydrogen) atoms. The van der Waals surface area contributed by atoms with Crippen LogP contribution in [-0.2, 0) is 4.74 Å². The third-order valence-corrected chi connectivity index (χ3v) is 4.81. The SMILES string of the molecule is CC(C)(C)OC(=O)n1c(-c2cc(N3CCNCC3)ccc2F)nc2ccccc21. The molecule has 0 aliphatic carbocycles. The van der Waals surface area contributed by atoms with E-state index in [9.17, 15) is 9.18 Å². The fraction of sp³-hybridized carbons (Fsp3) is 0.364. The summed E-state index contributed by atoms with van der Waals surface area (Å²) in [5.41, 5.74) is 1.71. The van der Waals surface area contributed by atoms with E-state index in [2.05, 4.69) is 15.2 Å². The maximum Gasteiger partial charge on any atom is 0.420 e. The zero-order chi connectivity index (χ0) is 20.6. The molecule has 1 aromatic heterocycles. The quantitative estimate of drug-likeness (QED) is 0.709. The fourth-order valence-electron chi connectivity index (χ4n) is 3.50. The maximum absolute atomic E-state index is 14.9. The van der Waals surface area contributed by atoms with Crippen molar-refractivity contribution < 1.29 is 13.9 Å². The lowest BCUT2D eigenvalue weighted by Gasteiger charge is -2.29. The van der Waals surface area contributed by atoms with E-state index in [-0.39, 0.29) is 11.4 Å². The molecule has 0 bridgehead atoms. The van der Waals surface area contributed by atoms with E-state index < -0.39 is 17.5 Å². The number of nitrogens with one attached hydrogen (secondary N) is 1. The van der Waals surface area contributed by atoms with Gasteiger partial charge in [0.25, 0.3) is 0 Å². The van der Waals surface area contributed by atoms with Crippen LogP contribution in [0, 0.1) is 5.82 Å². The monoisotopic (exact) mass is 396 g/mol. The van der Waals surface area contributed by atoms with Crippen LogP contribution in [0.25, 0.3) is 22.4 Å². The first-order chi connectivity index (χ1) is 13.8. The molecule has 4 rings (SSSR count). The lowest BCUT2D eigenvalue weighted by atomic mass is 10.1. The Morgan fingerprint density at radius 1 is 1.14 bits per heavy atom. The number of carbonyl (C=O) groups is 1. The van der Waals surface area contributed by atoms with Crippen LogP contribution in [0.1, 0.15) is 20.8 Å². The molecule has 1 N–H and O–H groups in total. The van der Waals surface area contributed by atoms with Gasteiger partial charge in [0.2, 0.25) is 0 Å². The van der Waals surface area contributed by atoms with Gasteiger partial charge in [0.15, 0.2) is 5.82 Å². The number of hydrogen-bond acceptors (Lipinski definition) is 5. The van der Waals surface area contributed by atoms with Crippen molar-refractivity contribution in [3.63, 3.8) is 0 Å². The van der Waals surface area contributed by atoms with Gasteiger partial charge in [-0.25, -0.2) is 18.7 Å². The molecule has 0 unspecified atom stereocenters. The summed E-state index contributed by atoms with van der Waals surface area (Å²) < 4.78 is 21.8. The van der Waals surface area contributed by atoms with Crippen LogP contribution in [0.4, 0.5) is 14.9 Å². The highest BCUT2D eigenvalue weighted by Gasteiger charge is 2.25. The normalized spacial score (nSPS) is 15.0. The van der Waals surface area contributed by atoms with Crippen LogP contribution in [0.2, 0.25) is 0 Å². The van der Waals surface area contributed by atoms with Crippen LogP contribution >= 0.6 is 0 Å². The second kappa shape index (κ2) is 7.48. The van der Waals surface area contributed by atoms with Crippen molar-refractivity contribution in [2.45, 2.75) is 26.4 Å². The largest absolute Gasteiger partial charge is 0.443 e. The number of benzene rings is 2. The predicted molar refractivity (Wildman–Crippen MR) is 112 cm³/mol. The summed E-state index contributed by atoms with van der Waals surface area (Å²) in [5.74, 6) is -0.182. The van der Waals surface area contributed by atoms with Gasteiger partial charge in [0, 0.05) is 31.9 Å². The van der Waals surface area contributed by atoms with E-state index in [1.807, 2.05) is 12.1 Å². The third kappa shape index (κ3) is 3.96. The Hall–Kier alpha value is -2.93. The molecular formula is C22H25FN4O2. The molecular weight excluding hydrogens is 371 g/mol. The standard InChI is InChI=1S/C22H25FN4O2/c1-22(2,3)29-21(28)27-19-7-5-4-6-18(19)25-20(27)16-14-15(8-9-17(16)23)26-12-10-24-11-13-26/h4-9,14,24H,10-13H2,1-3H3. The minimum atomic E-state index is -0.680. The van der Waals surface area contributed by atoms with Crippen molar-refractivity contribution in [1.82, 2.24) is 14.9 Å². The van der Waals surface area contributed by atoms with Gasteiger partial charge in [0.1, 0.15) is 11.4 Å². The van der Waals surface area contributed by atoms with Crippen LogP contribution in [-0.4, -0.2) is 47.4 Å². The molecule has 1 saturated heterocycles. The maximum atomic E-state index is 14.9. The Bertz CT molecular complexity index is 1050. The number of fused-ring (bicyclic) bond motifs is 1. The summed E-state index contributed by atoms with van der Waals surface area (Å²) >= 11 is 0. The zero-order valence-electron chi connectivity index (χ0n) is 16.9. The average Bonchev–Trinajstić information content (AvgIpc) is 3.07. The van der Waals surface area contributed by atoms with Gasteiger partial charge in [-0.15, -0.1) is 0 Å². The van der Waals surface area contributed by atoms with Crippen molar-refractivity contribution in [3.8, 4) is 11.4 Å². The lowest BCUT2D eigenvalue weighted by molar-refractivity contribution is 0.0546. The Balaban J connectivity index is 1.85. The first-order valence-electron chi connectivity index (χ1n) is 9.80. The summed E-state index contributed by atoms with van der Waals surface area (Å²) in [6.07, 6.45) is -0.576. The van der Waals surface area contributed by atoms with Crippen molar-refractivity contribution in [1.29, 1.82) is 0 Å². The zero-order valence-corrected chi connectivity index (χ0v) is 16.9. The van der Waals surface area contributed by atoms with Gasteiger partial charge in [0.05, 0.1) is 16.6 Å². The predicted octanol–water partition coefficient (Wildman–Crippen LogP) is 4.04. The van der Waals surface area contributed by atoms with E-state index in [4.69, 9.17) is 4.74 Å². The highest BCUT2D eigenvalue weighted by molar-refractivity contribution is 5.92. The smallest absolute Gasteiger partial charge is 0.420 e. The Morgan fingerprint density at radius 3 is 2.59 bits per heavy atom. The first kappa shape index (κ1) is 19.4. The Labute approximate surface area is 169 Å². The van der Waals surface area contributed by atoms with E-state index in [0.717, 1.165) is 31.9 Å². The summed E-state index contributed by atoms with van der Waals surface area (Å²) in [4.78, 5) is 19.8. The highest BCUT2D eigenvalue weighted by Crippen LogP contribution is 2.31. The van der Waals surface area contributed by atoms with Crippen molar-refractivity contribution >= 4 is 22.8 Å². The van der Waals surface area contributed by atoms with Crippen LogP contribution in [0.5, 0.6) is 0 Å². The van der Waals surface area contributed by atoms with Crippen molar-refractivity contribution in [2.24, 2.45) is 0 Å². The van der Waals surface area contributed by atoms with Crippen LogP contribution in [0.3, 0.4) is 0 Å². The van der Waals surface area contributed by atoms with Crippen LogP contribution in [0.15, 0.2) is 42.5 Å². The summed E-state index contributed by atoms with van der Waals surface area (Å²) in [6.45, 7) is 8.84. The molecule has 1 aliphatic heterocycles. The number of hydrogen-bond donors (Lipinski definition) is 1. The van der Waals surface area contributed by atoms with Gasteiger partial charge >= 0.3 is 6.09 Å². The minimum Gasteiger partial charge on any atom is -0.443 e. The number of rotatable bonds is 2. The molecule has 0 atom stereocenters. The minimum absolute atomic E-state index is 0.245. The van der Waals surface area contributed by atoms with Gasteiger partial charge in [-0.2, -0.15) is 0 Å². The number of anilines is 1. The molecule has 0 saturated carbocycles. The second-order valence-electron chi connectivity index (χ2n) is 8.14. The van der Waals surface area contributed by atoms with Gasteiger partial charge in [-0.1, -0.05) is 12.1 Å². The molecule has 7 heteroatoms. The summed E-state index contributed by atoms with van der Waals surface area (Å²) in [7, 11) is 0. The molecule has 1 fully saturated rings. The molecule has 3 aromatic rings. The topological polar surface area (TPSA) is 59.4 Å². The molecule has 0 radical (unpaired) electrons. The molecule has 0 spiro atoms. The highest BCUT2D eigenvalue weighted by atomic mass is 19.1. The van der Waals surface area contributed by atoms with Gasteiger partial charge in [-0.05, 0) is 51.1 Å². The number of carbonyl (C=O) groups excluding carboxylic acids is 1. The summed E-state index contributed by atoms with van der Waals surface area (Å²) in [6, 6.07) is 12.2. The molecule has 2 aromatic carbocycles. The number of imidazole rings is 1. The van der Waals surface area contributed by atoms with E-state index in [0.29, 0.717) is 11.0 Å². The Morgan fingerprint density at radius 2 is 1.86 bits per heavy atom. The number of para-hydroxylation sites is 2. The number of piperazine rings is 1. The van der Waals surface area contributed by atoms with E-state index in [1.54, 1.807) is 45.0 Å². The summed E-state index contributed by atoms with van der Waals surface area (Å²) in [5, 5.41) is 3.31. The molecule has 0 amide bonds. The second-order valence-corrected chi connectivity index (χ2v) is 8.14. The number of halogens is 1. The fourth-order valence-corrected chi connectivity index (χ4v) is 3.50. The number of nitrogens with zero attached hydrogens (tertiary/aromatic N) is 3. The number of aromatic nitrogens is 2. The van der Waals surface area contributed by atoms with Crippen molar-refractivity contribution in [2.75, 3.05) is 31.1 Å². The molecule has 6 nitrogen and oxygen atoms in total. The van der Waals surface area contributed by atoms with Gasteiger partial charge < -0.3 is 15.0 Å². The Kier molecular flexibility index (Phi) is 5.00. The van der Waals surface area contributed by atoms with Gasteiger partial charge in [-0.3, -0.25) is 0 Å². The van der Waals surface area contributed by atoms with Crippen LogP contribution < -0.4 is 10.2 Å². The molecule has 152 valence electrons. The van der Waals surface area contributed by atoms with Crippen molar-refractivity contribution in [3.05, 3.63) is 48.3 Å². The lowest BCUT2D eigenvalue weighted by Crippen LogP contribution is -2.43. The third-order valence-electron chi connectivity index (χ3n) is 4.81. The average molecular weight is 396 g/mol. The first-order valence-corrected chi connectivity index (χ1v) is 9.80.